The summed E-state index contributed by atoms with van der Waals surface area (Å²) in [6.07, 6.45) is 20.9. The molecule has 38 heavy (non-hydrogen) atoms. The van der Waals surface area contributed by atoms with Crippen LogP contribution in [0.2, 0.25) is 0 Å². The summed E-state index contributed by atoms with van der Waals surface area (Å²) in [4.78, 5) is 25.5. The van der Waals surface area contributed by atoms with Crippen LogP contribution in [0.3, 0.4) is 0 Å². The number of fused-ring (bicyclic) bond motifs is 1. The molecular formula is C33H50O5. The van der Waals surface area contributed by atoms with Crippen molar-refractivity contribution in [1.82, 2.24) is 0 Å². The highest BCUT2D eigenvalue weighted by Gasteiger charge is 2.18. The van der Waals surface area contributed by atoms with Crippen LogP contribution in [-0.2, 0) is 14.2 Å². The zero-order chi connectivity index (χ0) is 27.3. The number of carbonyl (C=O) groups excluding carboxylic acids is 2. The number of unbranched alkanes of at least 4 members (excludes halogenated alkanes) is 15. The molecule has 2 aromatic rings. The van der Waals surface area contributed by atoms with E-state index in [0.29, 0.717) is 29.7 Å². The van der Waals surface area contributed by atoms with Crippen molar-refractivity contribution in [2.24, 2.45) is 0 Å². The summed E-state index contributed by atoms with van der Waals surface area (Å²) in [7, 11) is 1.55. The van der Waals surface area contributed by atoms with Crippen molar-refractivity contribution in [1.29, 1.82) is 0 Å². The van der Waals surface area contributed by atoms with Gasteiger partial charge in [0.25, 0.3) is 0 Å². The molecule has 0 aliphatic heterocycles. The summed E-state index contributed by atoms with van der Waals surface area (Å²) in [6.45, 7) is 3.16. The predicted octanol–water partition coefficient (Wildman–Crippen LogP) is 9.06. The highest BCUT2D eigenvalue weighted by molar-refractivity contribution is 6.13. The van der Waals surface area contributed by atoms with Gasteiger partial charge in [0, 0.05) is 12.5 Å². The van der Waals surface area contributed by atoms with Gasteiger partial charge in [0.2, 0.25) is 0 Å². The monoisotopic (exact) mass is 526 g/mol. The third-order valence-electron chi connectivity index (χ3n) is 7.10. The van der Waals surface area contributed by atoms with Gasteiger partial charge in [-0.1, -0.05) is 128 Å². The maximum atomic E-state index is 12.9. The molecule has 0 aliphatic carbocycles. The predicted molar refractivity (Wildman–Crippen MR) is 156 cm³/mol. The summed E-state index contributed by atoms with van der Waals surface area (Å²) in [5, 5.41) is 1.39. The van der Waals surface area contributed by atoms with Gasteiger partial charge in [-0.05, 0) is 23.9 Å². The molecule has 0 saturated carbocycles. The molecule has 0 N–H and O–H groups in total. The molecule has 0 amide bonds. The zero-order valence-electron chi connectivity index (χ0n) is 23.9. The van der Waals surface area contributed by atoms with Crippen molar-refractivity contribution in [2.75, 3.05) is 26.9 Å². The third-order valence-corrected chi connectivity index (χ3v) is 7.10. The molecule has 0 aromatic heterocycles. The van der Waals surface area contributed by atoms with E-state index < -0.39 is 11.9 Å². The van der Waals surface area contributed by atoms with E-state index in [1.807, 2.05) is 18.2 Å². The van der Waals surface area contributed by atoms with Crippen LogP contribution in [0.25, 0.3) is 10.8 Å². The number of methoxy groups -OCH3 is 1. The first-order chi connectivity index (χ1) is 18.7. The number of esters is 2. The first-order valence-corrected chi connectivity index (χ1v) is 15.0. The SMILES string of the molecule is CCCCCCCCCCCCCCCCCCOC(=O)c1cccc2cccc(C(=O)OCCOC)c12. The molecular weight excluding hydrogens is 476 g/mol. The number of ether oxygens (including phenoxy) is 3. The average molecular weight is 527 g/mol. The smallest absolute Gasteiger partial charge is 0.338 e. The van der Waals surface area contributed by atoms with Gasteiger partial charge in [-0.25, -0.2) is 9.59 Å². The van der Waals surface area contributed by atoms with Crippen LogP contribution in [0.5, 0.6) is 0 Å². The Kier molecular flexibility index (Phi) is 17.2. The van der Waals surface area contributed by atoms with Crippen molar-refractivity contribution in [2.45, 2.75) is 110 Å². The Balaban J connectivity index is 1.59. The molecule has 5 nitrogen and oxygen atoms in total. The Hall–Kier alpha value is -2.40. The lowest BCUT2D eigenvalue weighted by Crippen LogP contribution is -2.13. The number of rotatable bonds is 22. The van der Waals surface area contributed by atoms with Crippen LogP contribution in [0.15, 0.2) is 36.4 Å². The van der Waals surface area contributed by atoms with Gasteiger partial charge in [0.1, 0.15) is 6.61 Å². The van der Waals surface area contributed by atoms with Gasteiger partial charge in [-0.2, -0.15) is 0 Å². The quantitative estimate of drug-likeness (QED) is 0.113. The largest absolute Gasteiger partial charge is 0.462 e. The Bertz CT molecular complexity index is 917. The van der Waals surface area contributed by atoms with Crippen molar-refractivity contribution in [3.63, 3.8) is 0 Å². The van der Waals surface area contributed by atoms with E-state index >= 15 is 0 Å². The lowest BCUT2D eigenvalue weighted by atomic mass is 9.99. The van der Waals surface area contributed by atoms with Crippen LogP contribution in [0.1, 0.15) is 130 Å². The van der Waals surface area contributed by atoms with Crippen LogP contribution >= 0.6 is 0 Å². The van der Waals surface area contributed by atoms with E-state index in [0.717, 1.165) is 18.2 Å². The van der Waals surface area contributed by atoms with Gasteiger partial charge in [-0.3, -0.25) is 0 Å². The highest BCUT2D eigenvalue weighted by atomic mass is 16.6. The van der Waals surface area contributed by atoms with Crippen LogP contribution in [0, 0.1) is 0 Å². The lowest BCUT2D eigenvalue weighted by Gasteiger charge is -2.11. The Morgan fingerprint density at radius 2 is 0.974 bits per heavy atom. The maximum absolute atomic E-state index is 12.9. The fraction of sp³-hybridized carbons (Fsp3) is 0.636. The minimum absolute atomic E-state index is 0.164. The maximum Gasteiger partial charge on any atom is 0.338 e. The second-order valence-electron chi connectivity index (χ2n) is 10.3. The molecule has 0 atom stereocenters. The molecule has 2 rings (SSSR count). The molecule has 0 aliphatic rings. The molecule has 0 bridgehead atoms. The highest BCUT2D eigenvalue weighted by Crippen LogP contribution is 2.25. The van der Waals surface area contributed by atoms with E-state index in [1.54, 1.807) is 25.3 Å². The minimum atomic E-state index is -0.467. The number of benzene rings is 2. The number of hydrogen-bond donors (Lipinski definition) is 0. The normalized spacial score (nSPS) is 11.1. The van der Waals surface area contributed by atoms with E-state index in [2.05, 4.69) is 6.92 Å². The molecule has 0 fully saturated rings. The lowest BCUT2D eigenvalue weighted by molar-refractivity contribution is 0.0390. The van der Waals surface area contributed by atoms with Crippen molar-refractivity contribution < 1.29 is 23.8 Å². The topological polar surface area (TPSA) is 61.8 Å². The summed E-state index contributed by atoms with van der Waals surface area (Å²) in [6, 6.07) is 10.8. The van der Waals surface area contributed by atoms with Gasteiger partial charge in [-0.15, -0.1) is 0 Å². The van der Waals surface area contributed by atoms with Gasteiger partial charge in [0.05, 0.1) is 24.3 Å². The summed E-state index contributed by atoms with van der Waals surface area (Å²) in [5.74, 6) is -0.862. The molecule has 0 heterocycles. The van der Waals surface area contributed by atoms with Crippen LogP contribution in [0.4, 0.5) is 0 Å². The van der Waals surface area contributed by atoms with Crippen LogP contribution < -0.4 is 0 Å². The molecule has 0 saturated heterocycles. The van der Waals surface area contributed by atoms with E-state index in [4.69, 9.17) is 14.2 Å². The molecule has 212 valence electrons. The molecule has 2 aromatic carbocycles. The van der Waals surface area contributed by atoms with Gasteiger partial charge >= 0.3 is 11.9 Å². The summed E-state index contributed by atoms with van der Waals surface area (Å²) < 4.78 is 15.8. The van der Waals surface area contributed by atoms with Crippen LogP contribution in [-0.4, -0.2) is 38.9 Å². The molecule has 0 spiro atoms. The Morgan fingerprint density at radius 1 is 0.553 bits per heavy atom. The number of carbonyl (C=O) groups is 2. The molecule has 0 unspecified atom stereocenters. The van der Waals surface area contributed by atoms with E-state index in [1.165, 1.54) is 89.9 Å². The minimum Gasteiger partial charge on any atom is -0.462 e. The number of hydrogen-bond acceptors (Lipinski definition) is 5. The van der Waals surface area contributed by atoms with Crippen molar-refractivity contribution in [3.8, 4) is 0 Å². The standard InChI is InChI=1S/C33H50O5/c1-3-4-5-6-7-8-9-10-11-12-13-14-15-16-17-18-25-37-32(34)29-23-19-21-28-22-20-24-30(31(28)29)33(35)38-27-26-36-2/h19-24H,3-18,25-27H2,1-2H3. The first kappa shape index (κ1) is 31.8. The Morgan fingerprint density at radius 3 is 1.42 bits per heavy atom. The van der Waals surface area contributed by atoms with E-state index in [-0.39, 0.29) is 6.61 Å². The summed E-state index contributed by atoms with van der Waals surface area (Å²) in [5.41, 5.74) is 0.770. The third kappa shape index (κ3) is 12.4. The second kappa shape index (κ2) is 20.5. The molecule has 0 radical (unpaired) electrons. The Labute approximate surface area is 230 Å². The fourth-order valence-electron chi connectivity index (χ4n) is 4.87. The van der Waals surface area contributed by atoms with Crippen molar-refractivity contribution in [3.05, 3.63) is 47.5 Å². The zero-order valence-corrected chi connectivity index (χ0v) is 23.9. The van der Waals surface area contributed by atoms with Crippen molar-refractivity contribution >= 4 is 22.7 Å². The van der Waals surface area contributed by atoms with Gasteiger partial charge in [0.15, 0.2) is 0 Å². The second-order valence-corrected chi connectivity index (χ2v) is 10.3. The summed E-state index contributed by atoms with van der Waals surface area (Å²) >= 11 is 0. The fourth-order valence-corrected chi connectivity index (χ4v) is 4.87. The molecule has 5 heteroatoms. The first-order valence-electron chi connectivity index (χ1n) is 15.0. The van der Waals surface area contributed by atoms with Gasteiger partial charge < -0.3 is 14.2 Å². The average Bonchev–Trinajstić information content (AvgIpc) is 2.94. The van der Waals surface area contributed by atoms with E-state index in [9.17, 15) is 9.59 Å².